The molecule has 1 aromatic carbocycles. The SMILES string of the molecule is COC(=O)c1cc(C(=N)N)c(C)cc1C.Cl. The van der Waals surface area contributed by atoms with Crippen molar-refractivity contribution >= 4 is 24.2 Å². The quantitative estimate of drug-likeness (QED) is 0.472. The van der Waals surface area contributed by atoms with E-state index in [0.29, 0.717) is 11.1 Å². The number of ether oxygens (including phenoxy) is 1. The maximum Gasteiger partial charge on any atom is 0.338 e. The van der Waals surface area contributed by atoms with E-state index in [2.05, 4.69) is 4.74 Å². The van der Waals surface area contributed by atoms with Crippen molar-refractivity contribution in [3.63, 3.8) is 0 Å². The molecule has 0 radical (unpaired) electrons. The van der Waals surface area contributed by atoms with Gasteiger partial charge in [0.05, 0.1) is 12.7 Å². The Labute approximate surface area is 101 Å². The number of aryl methyl sites for hydroxylation is 2. The largest absolute Gasteiger partial charge is 0.465 e. The standard InChI is InChI=1S/C11H14N2O2.ClH/c1-6-4-7(2)9(11(14)15-3)5-8(6)10(12)13;/h4-5H,1-3H3,(H3,12,13);1H. The van der Waals surface area contributed by atoms with E-state index in [1.165, 1.54) is 7.11 Å². The number of methoxy groups -OCH3 is 1. The van der Waals surface area contributed by atoms with Crippen LogP contribution in [-0.2, 0) is 4.74 Å². The second-order valence-corrected chi connectivity index (χ2v) is 3.39. The molecule has 0 bridgehead atoms. The number of halogens is 1. The fourth-order valence-electron chi connectivity index (χ4n) is 1.47. The molecule has 0 heterocycles. The molecule has 4 nitrogen and oxygen atoms in total. The van der Waals surface area contributed by atoms with Crippen LogP contribution in [0.15, 0.2) is 12.1 Å². The van der Waals surface area contributed by atoms with Gasteiger partial charge < -0.3 is 10.5 Å². The van der Waals surface area contributed by atoms with E-state index in [9.17, 15) is 4.79 Å². The van der Waals surface area contributed by atoms with Crippen LogP contribution in [0.1, 0.15) is 27.0 Å². The first-order valence-electron chi connectivity index (χ1n) is 4.51. The molecular weight excluding hydrogens is 228 g/mol. The van der Waals surface area contributed by atoms with Gasteiger partial charge in [0.15, 0.2) is 0 Å². The van der Waals surface area contributed by atoms with Crippen molar-refractivity contribution < 1.29 is 9.53 Å². The predicted molar refractivity (Wildman–Crippen MR) is 65.5 cm³/mol. The fourth-order valence-corrected chi connectivity index (χ4v) is 1.47. The van der Waals surface area contributed by atoms with Gasteiger partial charge in [-0.05, 0) is 31.0 Å². The number of nitrogen functional groups attached to an aromatic ring is 1. The molecule has 0 aliphatic carbocycles. The molecule has 0 aromatic heterocycles. The summed E-state index contributed by atoms with van der Waals surface area (Å²) in [6, 6.07) is 3.42. The first kappa shape index (κ1) is 14.5. The van der Waals surface area contributed by atoms with Crippen molar-refractivity contribution in [1.82, 2.24) is 0 Å². The van der Waals surface area contributed by atoms with Gasteiger partial charge in [0, 0.05) is 5.56 Å². The Morgan fingerprint density at radius 2 is 1.75 bits per heavy atom. The number of benzene rings is 1. The molecule has 0 aliphatic rings. The molecule has 0 atom stereocenters. The average molecular weight is 243 g/mol. The highest BCUT2D eigenvalue weighted by Gasteiger charge is 2.13. The normalized spacial score (nSPS) is 9.19. The van der Waals surface area contributed by atoms with E-state index < -0.39 is 5.97 Å². The Kier molecular flexibility index (Phi) is 4.98. The third-order valence-electron chi connectivity index (χ3n) is 2.27. The molecule has 3 N–H and O–H groups in total. The minimum Gasteiger partial charge on any atom is -0.465 e. The van der Waals surface area contributed by atoms with Crippen LogP contribution in [0, 0.1) is 19.3 Å². The van der Waals surface area contributed by atoms with E-state index in [1.807, 2.05) is 19.9 Å². The maximum absolute atomic E-state index is 11.4. The van der Waals surface area contributed by atoms with Crippen LogP contribution in [0.3, 0.4) is 0 Å². The lowest BCUT2D eigenvalue weighted by molar-refractivity contribution is 0.0600. The zero-order chi connectivity index (χ0) is 11.6. The van der Waals surface area contributed by atoms with Crippen LogP contribution in [0.25, 0.3) is 0 Å². The van der Waals surface area contributed by atoms with Crippen LogP contribution < -0.4 is 5.73 Å². The van der Waals surface area contributed by atoms with Crippen molar-refractivity contribution in [1.29, 1.82) is 5.41 Å². The van der Waals surface area contributed by atoms with Crippen molar-refractivity contribution in [2.75, 3.05) is 7.11 Å². The monoisotopic (exact) mass is 242 g/mol. The van der Waals surface area contributed by atoms with Crippen molar-refractivity contribution in [3.8, 4) is 0 Å². The van der Waals surface area contributed by atoms with Gasteiger partial charge in [-0.2, -0.15) is 0 Å². The molecule has 1 rings (SSSR count). The Balaban J connectivity index is 0.00000225. The number of carbonyl (C=O) groups is 1. The minimum absolute atomic E-state index is 0. The molecular formula is C11H15ClN2O2. The van der Waals surface area contributed by atoms with Crippen LogP contribution in [0.4, 0.5) is 0 Å². The molecule has 0 spiro atoms. The maximum atomic E-state index is 11.4. The molecule has 0 fully saturated rings. The molecule has 0 unspecified atom stereocenters. The summed E-state index contributed by atoms with van der Waals surface area (Å²) in [6.07, 6.45) is 0. The second-order valence-electron chi connectivity index (χ2n) is 3.39. The van der Waals surface area contributed by atoms with E-state index in [4.69, 9.17) is 11.1 Å². The zero-order valence-electron chi connectivity index (χ0n) is 9.46. The molecule has 0 aliphatic heterocycles. The van der Waals surface area contributed by atoms with E-state index in [1.54, 1.807) is 6.07 Å². The van der Waals surface area contributed by atoms with Crippen molar-refractivity contribution in [2.24, 2.45) is 5.73 Å². The van der Waals surface area contributed by atoms with Crippen molar-refractivity contribution in [2.45, 2.75) is 13.8 Å². The molecule has 5 heteroatoms. The number of amidine groups is 1. The summed E-state index contributed by atoms with van der Waals surface area (Å²) in [7, 11) is 1.33. The number of esters is 1. The molecule has 88 valence electrons. The highest BCUT2D eigenvalue weighted by Crippen LogP contribution is 2.16. The predicted octanol–water partition coefficient (Wildman–Crippen LogP) is 1.80. The smallest absolute Gasteiger partial charge is 0.338 e. The summed E-state index contributed by atoms with van der Waals surface area (Å²) in [5.41, 5.74) is 8.13. The summed E-state index contributed by atoms with van der Waals surface area (Å²) < 4.78 is 4.64. The first-order valence-corrected chi connectivity index (χ1v) is 4.51. The van der Waals surface area contributed by atoms with Gasteiger partial charge in [0.1, 0.15) is 5.84 Å². The summed E-state index contributed by atoms with van der Waals surface area (Å²) in [4.78, 5) is 11.4. The molecule has 0 saturated heterocycles. The van der Waals surface area contributed by atoms with Gasteiger partial charge in [-0.3, -0.25) is 5.41 Å². The zero-order valence-corrected chi connectivity index (χ0v) is 10.3. The Morgan fingerprint density at radius 1 is 1.25 bits per heavy atom. The topological polar surface area (TPSA) is 76.2 Å². The number of hydrogen-bond acceptors (Lipinski definition) is 3. The summed E-state index contributed by atoms with van der Waals surface area (Å²) in [6.45, 7) is 3.67. The second kappa shape index (κ2) is 5.51. The summed E-state index contributed by atoms with van der Waals surface area (Å²) in [5.74, 6) is -0.451. The van der Waals surface area contributed by atoms with Gasteiger partial charge in [-0.25, -0.2) is 4.79 Å². The van der Waals surface area contributed by atoms with Crippen LogP contribution in [0.2, 0.25) is 0 Å². The Bertz CT molecular complexity index is 430. The Morgan fingerprint density at radius 3 is 2.19 bits per heavy atom. The van der Waals surface area contributed by atoms with E-state index in [0.717, 1.165) is 11.1 Å². The van der Waals surface area contributed by atoms with Gasteiger partial charge in [-0.15, -0.1) is 12.4 Å². The van der Waals surface area contributed by atoms with Gasteiger partial charge in [0.2, 0.25) is 0 Å². The molecule has 16 heavy (non-hydrogen) atoms. The highest BCUT2D eigenvalue weighted by molar-refractivity contribution is 6.00. The number of hydrogen-bond donors (Lipinski definition) is 2. The number of carbonyl (C=O) groups excluding carboxylic acids is 1. The van der Waals surface area contributed by atoms with Crippen molar-refractivity contribution in [3.05, 3.63) is 34.4 Å². The lowest BCUT2D eigenvalue weighted by Crippen LogP contribution is -2.15. The molecule has 1 aromatic rings. The van der Waals surface area contributed by atoms with Gasteiger partial charge >= 0.3 is 5.97 Å². The van der Waals surface area contributed by atoms with Crippen LogP contribution in [0.5, 0.6) is 0 Å². The van der Waals surface area contributed by atoms with Gasteiger partial charge in [-0.1, -0.05) is 6.07 Å². The first-order chi connectivity index (χ1) is 6.97. The number of rotatable bonds is 2. The van der Waals surface area contributed by atoms with E-state index >= 15 is 0 Å². The van der Waals surface area contributed by atoms with E-state index in [-0.39, 0.29) is 18.2 Å². The summed E-state index contributed by atoms with van der Waals surface area (Å²) in [5, 5.41) is 7.37. The van der Waals surface area contributed by atoms with Crippen LogP contribution >= 0.6 is 12.4 Å². The average Bonchev–Trinajstić information content (AvgIpc) is 2.16. The van der Waals surface area contributed by atoms with Crippen LogP contribution in [-0.4, -0.2) is 18.9 Å². The third-order valence-corrected chi connectivity index (χ3v) is 2.27. The minimum atomic E-state index is -0.407. The molecule has 0 amide bonds. The fraction of sp³-hybridized carbons (Fsp3) is 0.273. The third kappa shape index (κ3) is 2.73. The lowest BCUT2D eigenvalue weighted by atomic mass is 9.99. The lowest BCUT2D eigenvalue weighted by Gasteiger charge is -2.09. The summed E-state index contributed by atoms with van der Waals surface area (Å²) >= 11 is 0. The highest BCUT2D eigenvalue weighted by atomic mass is 35.5. The number of nitrogens with two attached hydrogens (primary N) is 1. The van der Waals surface area contributed by atoms with Gasteiger partial charge in [0.25, 0.3) is 0 Å². The number of nitrogens with one attached hydrogen (secondary N) is 1. The molecule has 0 saturated carbocycles. The Hall–Kier alpha value is -1.55.